The van der Waals surface area contributed by atoms with Gasteiger partial charge in [0.2, 0.25) is 5.95 Å². The van der Waals surface area contributed by atoms with Crippen LogP contribution in [0.3, 0.4) is 0 Å². The monoisotopic (exact) mass is 518 g/mol. The van der Waals surface area contributed by atoms with Crippen molar-refractivity contribution in [3.63, 3.8) is 0 Å². The molecule has 0 radical (unpaired) electrons. The van der Waals surface area contributed by atoms with Gasteiger partial charge in [-0.25, -0.2) is 4.98 Å². The van der Waals surface area contributed by atoms with E-state index in [2.05, 4.69) is 20.6 Å². The number of anilines is 4. The van der Waals surface area contributed by atoms with E-state index < -0.39 is 18.4 Å². The summed E-state index contributed by atoms with van der Waals surface area (Å²) >= 11 is 0. The molecule has 2 aromatic rings. The highest BCUT2D eigenvalue weighted by Crippen LogP contribution is 2.40. The summed E-state index contributed by atoms with van der Waals surface area (Å²) < 4.78 is 40.0. The molecule has 4 rings (SSSR count). The van der Waals surface area contributed by atoms with E-state index in [0.717, 1.165) is 30.6 Å². The van der Waals surface area contributed by atoms with E-state index in [1.807, 2.05) is 0 Å². The van der Waals surface area contributed by atoms with E-state index in [1.165, 1.54) is 20.4 Å². The Morgan fingerprint density at radius 1 is 1.24 bits per heavy atom. The maximum Gasteiger partial charge on any atom is 0.342 e. The fourth-order valence-electron chi connectivity index (χ4n) is 4.68. The molecule has 0 bridgehead atoms. The van der Waals surface area contributed by atoms with Gasteiger partial charge in [0.1, 0.15) is 11.4 Å². The summed E-state index contributed by atoms with van der Waals surface area (Å²) in [5.41, 5.74) is 1.14. The number of carbonyl (C=O) groups excluding carboxylic acids is 2. The van der Waals surface area contributed by atoms with E-state index in [9.17, 15) is 18.4 Å². The number of rotatable bonds is 9. The minimum absolute atomic E-state index is 0.136. The lowest BCUT2D eigenvalue weighted by Crippen LogP contribution is -2.48. The zero-order chi connectivity index (χ0) is 26.6. The van der Waals surface area contributed by atoms with Crippen LogP contribution in [0.2, 0.25) is 0 Å². The Morgan fingerprint density at radius 3 is 2.70 bits per heavy atom. The number of halogens is 2. The Hall–Kier alpha value is -3.54. The van der Waals surface area contributed by atoms with Crippen LogP contribution in [0.15, 0.2) is 24.4 Å². The van der Waals surface area contributed by atoms with Crippen LogP contribution in [0.5, 0.6) is 5.75 Å². The van der Waals surface area contributed by atoms with Crippen LogP contribution in [0, 0.1) is 0 Å². The molecule has 12 heteroatoms. The smallest absolute Gasteiger partial charge is 0.342 e. The number of aromatic nitrogens is 2. The van der Waals surface area contributed by atoms with Crippen LogP contribution in [0.1, 0.15) is 42.5 Å². The van der Waals surface area contributed by atoms with Gasteiger partial charge < -0.3 is 29.9 Å². The Labute approximate surface area is 214 Å². The minimum atomic E-state index is -3.55. The average molecular weight is 519 g/mol. The number of hydrogen-bond donors (Lipinski definition) is 2. The van der Waals surface area contributed by atoms with Crippen LogP contribution >= 0.6 is 0 Å². The van der Waals surface area contributed by atoms with Crippen LogP contribution in [0.25, 0.3) is 0 Å². The molecular formula is C25H32F2N6O4. The summed E-state index contributed by atoms with van der Waals surface area (Å²) in [4.78, 5) is 36.2. The molecule has 1 aliphatic carbocycles. The van der Waals surface area contributed by atoms with E-state index in [1.54, 1.807) is 30.2 Å². The van der Waals surface area contributed by atoms with Gasteiger partial charge in [-0.2, -0.15) is 13.8 Å². The summed E-state index contributed by atoms with van der Waals surface area (Å²) in [5, 5.41) is 5.89. The molecule has 1 aliphatic heterocycles. The third-order valence-electron chi connectivity index (χ3n) is 6.66. The number of carbonyl (C=O) groups is 2. The molecule has 10 nitrogen and oxygen atoms in total. The minimum Gasteiger partial charge on any atom is -0.495 e. The van der Waals surface area contributed by atoms with Crippen molar-refractivity contribution in [1.82, 2.24) is 15.3 Å². The van der Waals surface area contributed by atoms with E-state index in [4.69, 9.17) is 9.47 Å². The van der Waals surface area contributed by atoms with Gasteiger partial charge in [-0.1, -0.05) is 12.8 Å². The van der Waals surface area contributed by atoms with Crippen molar-refractivity contribution >= 4 is 35.0 Å². The quantitative estimate of drug-likeness (QED) is 0.487. The molecule has 0 atom stereocenters. The number of benzene rings is 1. The number of nitrogens with one attached hydrogen (secondary N) is 2. The summed E-state index contributed by atoms with van der Waals surface area (Å²) in [6, 6.07) is 4.76. The molecule has 2 amide bonds. The number of amides is 2. The van der Waals surface area contributed by atoms with Gasteiger partial charge in [0, 0.05) is 38.9 Å². The molecule has 200 valence electrons. The topological polar surface area (TPSA) is 109 Å². The SMILES string of the molecule is COCCCNC(=O)c1ccc(Nc2ncc3c(n2)N(C2CCCC2)CC(F)(F)C(=O)N3C)c(OC)c1. The Balaban J connectivity index is 1.60. The summed E-state index contributed by atoms with van der Waals surface area (Å²) in [5.74, 6) is -4.25. The predicted molar refractivity (Wildman–Crippen MR) is 135 cm³/mol. The van der Waals surface area contributed by atoms with Crippen molar-refractivity contribution in [2.45, 2.75) is 44.1 Å². The molecule has 0 spiro atoms. The highest BCUT2D eigenvalue weighted by Gasteiger charge is 2.48. The van der Waals surface area contributed by atoms with Crippen molar-refractivity contribution in [3.05, 3.63) is 30.0 Å². The Morgan fingerprint density at radius 2 is 2.00 bits per heavy atom. The van der Waals surface area contributed by atoms with Crippen LogP contribution in [0.4, 0.5) is 31.9 Å². The van der Waals surface area contributed by atoms with Crippen LogP contribution < -0.4 is 25.2 Å². The first-order valence-corrected chi connectivity index (χ1v) is 12.3. The number of ether oxygens (including phenoxy) is 2. The third-order valence-corrected chi connectivity index (χ3v) is 6.66. The molecule has 0 unspecified atom stereocenters. The first kappa shape index (κ1) is 26.5. The number of methoxy groups -OCH3 is 2. The van der Waals surface area contributed by atoms with Crippen molar-refractivity contribution < 1.29 is 27.8 Å². The second-order valence-corrected chi connectivity index (χ2v) is 9.18. The Bertz CT molecular complexity index is 1140. The fourth-order valence-corrected chi connectivity index (χ4v) is 4.68. The third kappa shape index (κ3) is 5.74. The first-order chi connectivity index (χ1) is 17.7. The van der Waals surface area contributed by atoms with Gasteiger partial charge in [0.25, 0.3) is 11.8 Å². The molecular weight excluding hydrogens is 486 g/mol. The highest BCUT2D eigenvalue weighted by atomic mass is 19.3. The van der Waals surface area contributed by atoms with Crippen molar-refractivity contribution in [2.75, 3.05) is 56.1 Å². The Kier molecular flexibility index (Phi) is 8.06. The number of alkyl halides is 2. The highest BCUT2D eigenvalue weighted by molar-refractivity contribution is 6.02. The van der Waals surface area contributed by atoms with E-state index in [-0.39, 0.29) is 29.4 Å². The van der Waals surface area contributed by atoms with Crippen LogP contribution in [-0.4, -0.2) is 74.7 Å². The fraction of sp³-hybridized carbons (Fsp3) is 0.520. The lowest BCUT2D eigenvalue weighted by molar-refractivity contribution is -0.140. The zero-order valence-corrected chi connectivity index (χ0v) is 21.2. The molecule has 2 heterocycles. The van der Waals surface area contributed by atoms with Gasteiger partial charge in [-0.05, 0) is 37.5 Å². The van der Waals surface area contributed by atoms with Gasteiger partial charge in [0.05, 0.1) is 25.5 Å². The molecule has 1 fully saturated rings. The van der Waals surface area contributed by atoms with Crippen molar-refractivity contribution in [2.24, 2.45) is 0 Å². The van der Waals surface area contributed by atoms with Gasteiger partial charge >= 0.3 is 5.92 Å². The first-order valence-electron chi connectivity index (χ1n) is 12.3. The van der Waals surface area contributed by atoms with E-state index >= 15 is 0 Å². The largest absolute Gasteiger partial charge is 0.495 e. The molecule has 1 aromatic heterocycles. The maximum absolute atomic E-state index is 14.8. The molecule has 1 saturated carbocycles. The lowest BCUT2D eigenvalue weighted by Gasteiger charge is -2.31. The van der Waals surface area contributed by atoms with Crippen LogP contribution in [-0.2, 0) is 9.53 Å². The summed E-state index contributed by atoms with van der Waals surface area (Å²) in [6.07, 6.45) is 5.45. The van der Waals surface area contributed by atoms with Crippen molar-refractivity contribution in [1.29, 1.82) is 0 Å². The number of hydrogen-bond acceptors (Lipinski definition) is 8. The second kappa shape index (κ2) is 11.2. The van der Waals surface area contributed by atoms with Gasteiger partial charge in [0.15, 0.2) is 5.82 Å². The predicted octanol–water partition coefficient (Wildman–Crippen LogP) is 3.36. The average Bonchev–Trinajstić information content (AvgIpc) is 3.41. The van der Waals surface area contributed by atoms with Gasteiger partial charge in [-0.15, -0.1) is 0 Å². The second-order valence-electron chi connectivity index (χ2n) is 9.18. The molecule has 2 aliphatic rings. The standard InChI is InChI=1S/C25H32F2N6O4/c1-32-19-14-29-24(31-21(19)33(17-7-4-5-8-17)15-25(26,27)23(32)35)30-18-10-9-16(13-20(18)37-3)22(34)28-11-6-12-36-2/h9-10,13-14,17H,4-8,11-12,15H2,1-3H3,(H,28,34)(H,29,30,31). The molecule has 1 aromatic carbocycles. The van der Waals surface area contributed by atoms with Crippen molar-refractivity contribution in [3.8, 4) is 5.75 Å². The summed E-state index contributed by atoms with van der Waals surface area (Å²) in [7, 11) is 4.39. The number of fused-ring (bicyclic) bond motifs is 1. The zero-order valence-electron chi connectivity index (χ0n) is 21.2. The molecule has 0 saturated heterocycles. The maximum atomic E-state index is 14.8. The summed E-state index contributed by atoms with van der Waals surface area (Å²) in [6.45, 7) is 0.292. The molecule has 37 heavy (non-hydrogen) atoms. The normalized spacial score (nSPS) is 17.4. The van der Waals surface area contributed by atoms with Gasteiger partial charge in [-0.3, -0.25) is 9.59 Å². The van der Waals surface area contributed by atoms with E-state index in [0.29, 0.717) is 36.6 Å². The number of nitrogens with zero attached hydrogens (tertiary/aromatic N) is 4. The molecule has 2 N–H and O–H groups in total. The lowest BCUT2D eigenvalue weighted by atomic mass is 10.1.